The van der Waals surface area contributed by atoms with Crippen LogP contribution in [0.1, 0.15) is 48.5 Å². The van der Waals surface area contributed by atoms with Crippen molar-refractivity contribution in [1.82, 2.24) is 5.32 Å². The van der Waals surface area contributed by atoms with Crippen LogP contribution in [0.2, 0.25) is 0 Å². The van der Waals surface area contributed by atoms with Crippen LogP contribution in [-0.2, 0) is 0 Å². The van der Waals surface area contributed by atoms with E-state index in [0.29, 0.717) is 11.8 Å². The minimum absolute atomic E-state index is 0.435. The van der Waals surface area contributed by atoms with E-state index in [1.165, 1.54) is 5.71 Å². The maximum Gasteiger partial charge on any atom is 0.0513 e. The minimum atomic E-state index is 0.435. The first-order valence-electron chi connectivity index (χ1n) is 6.59. The molecule has 3 heteroatoms. The Morgan fingerprint density at radius 1 is 1.12 bits per heavy atom. The fourth-order valence-electron chi connectivity index (χ4n) is 0.671. The van der Waals surface area contributed by atoms with E-state index in [1.807, 2.05) is 20.8 Å². The first kappa shape index (κ1) is 18.7. The van der Waals surface area contributed by atoms with Gasteiger partial charge in [-0.15, -0.1) is 0 Å². The van der Waals surface area contributed by atoms with E-state index in [0.717, 1.165) is 25.3 Å². The second-order valence-corrected chi connectivity index (χ2v) is 4.87. The van der Waals surface area contributed by atoms with Gasteiger partial charge in [0.1, 0.15) is 0 Å². The number of rotatable bonds is 6. The normalized spacial score (nSPS) is 11.5. The second kappa shape index (κ2) is 11.8. The smallest absolute Gasteiger partial charge is 0.0513 e. The highest BCUT2D eigenvalue weighted by Gasteiger charge is 1.95. The van der Waals surface area contributed by atoms with Gasteiger partial charge in [0.25, 0.3) is 0 Å². The molecule has 0 bridgehead atoms. The highest BCUT2D eigenvalue weighted by Crippen LogP contribution is 1.95. The van der Waals surface area contributed by atoms with E-state index in [4.69, 9.17) is 5.41 Å². The topological polar surface area (TPSA) is 48.2 Å². The Labute approximate surface area is 108 Å². The summed E-state index contributed by atoms with van der Waals surface area (Å²) in [5, 5.41) is 10.2. The van der Waals surface area contributed by atoms with Gasteiger partial charge in [-0.2, -0.15) is 0 Å². The monoisotopic (exact) mass is 241 g/mol. The fraction of sp³-hybridized carbons (Fsp3) is 0.857. The molecular formula is C14H31N3. The average molecular weight is 241 g/mol. The molecule has 0 aliphatic carbocycles. The van der Waals surface area contributed by atoms with Crippen molar-refractivity contribution in [3.8, 4) is 0 Å². The predicted molar refractivity (Wildman–Crippen MR) is 79.6 cm³/mol. The van der Waals surface area contributed by atoms with Crippen LogP contribution in [0.3, 0.4) is 0 Å². The van der Waals surface area contributed by atoms with Crippen LogP contribution >= 0.6 is 0 Å². The molecule has 0 unspecified atom stereocenters. The van der Waals surface area contributed by atoms with E-state index in [9.17, 15) is 0 Å². The molecule has 0 radical (unpaired) electrons. The summed E-state index contributed by atoms with van der Waals surface area (Å²) >= 11 is 0. The minimum Gasteiger partial charge on any atom is -0.315 e. The number of nitrogens with zero attached hydrogens (tertiary/aromatic N) is 1. The summed E-state index contributed by atoms with van der Waals surface area (Å²) in [6.07, 6.45) is 0. The molecule has 0 aromatic heterocycles. The van der Waals surface area contributed by atoms with Crippen molar-refractivity contribution in [3.05, 3.63) is 0 Å². The summed E-state index contributed by atoms with van der Waals surface area (Å²) in [6.45, 7) is 17.4. The molecule has 2 N–H and O–H groups in total. The van der Waals surface area contributed by atoms with Gasteiger partial charge in [0.2, 0.25) is 0 Å². The van der Waals surface area contributed by atoms with Crippen LogP contribution < -0.4 is 5.32 Å². The molecule has 0 saturated heterocycles. The summed E-state index contributed by atoms with van der Waals surface area (Å²) < 4.78 is 0. The number of aliphatic imine (C=N–C) groups is 1. The molecule has 0 saturated carbocycles. The summed E-state index contributed by atoms with van der Waals surface area (Å²) in [7, 11) is 0. The van der Waals surface area contributed by atoms with Gasteiger partial charge in [-0.25, -0.2) is 0 Å². The van der Waals surface area contributed by atoms with E-state index in [-0.39, 0.29) is 0 Å². The first-order valence-corrected chi connectivity index (χ1v) is 6.59. The molecular weight excluding hydrogens is 210 g/mol. The molecule has 0 aromatic rings. The van der Waals surface area contributed by atoms with Crippen LogP contribution in [0.15, 0.2) is 4.99 Å². The lowest BCUT2D eigenvalue weighted by atomic mass is 10.1. The average Bonchev–Trinajstić information content (AvgIpc) is 2.24. The van der Waals surface area contributed by atoms with Gasteiger partial charge < -0.3 is 10.7 Å². The van der Waals surface area contributed by atoms with Gasteiger partial charge in [0.05, 0.1) is 6.54 Å². The fourth-order valence-corrected chi connectivity index (χ4v) is 0.671. The van der Waals surface area contributed by atoms with Crippen molar-refractivity contribution in [2.45, 2.75) is 48.5 Å². The molecule has 0 spiro atoms. The van der Waals surface area contributed by atoms with Crippen molar-refractivity contribution in [2.24, 2.45) is 16.8 Å². The van der Waals surface area contributed by atoms with Gasteiger partial charge in [-0.3, -0.25) is 4.99 Å². The Balaban J connectivity index is 0. The van der Waals surface area contributed by atoms with Crippen LogP contribution in [0.4, 0.5) is 0 Å². The third kappa shape index (κ3) is 15.3. The molecule has 0 heterocycles. The summed E-state index contributed by atoms with van der Waals surface area (Å²) in [4.78, 5) is 4.42. The van der Waals surface area contributed by atoms with Crippen LogP contribution in [-0.4, -0.2) is 31.1 Å². The number of nitrogens with one attached hydrogen (secondary N) is 2. The largest absolute Gasteiger partial charge is 0.315 e. The molecule has 0 rings (SSSR count). The highest BCUT2D eigenvalue weighted by atomic mass is 14.9. The maximum absolute atomic E-state index is 6.95. The van der Waals surface area contributed by atoms with E-state index in [1.54, 1.807) is 0 Å². The van der Waals surface area contributed by atoms with Gasteiger partial charge in [-0.05, 0) is 32.2 Å². The number of hydrogen-bond acceptors (Lipinski definition) is 3. The second-order valence-electron chi connectivity index (χ2n) is 4.87. The zero-order valence-electron chi connectivity index (χ0n) is 12.7. The molecule has 0 amide bonds. The molecule has 3 nitrogen and oxygen atoms in total. The van der Waals surface area contributed by atoms with Crippen LogP contribution in [0.5, 0.6) is 0 Å². The van der Waals surface area contributed by atoms with Crippen molar-refractivity contribution < 1.29 is 0 Å². The van der Waals surface area contributed by atoms with Gasteiger partial charge >= 0.3 is 0 Å². The predicted octanol–water partition coefficient (Wildman–Crippen LogP) is 3.39. The molecule has 0 aliphatic heterocycles. The summed E-state index contributed by atoms with van der Waals surface area (Å²) in [5.74, 6) is 1.03. The Morgan fingerprint density at radius 2 is 1.59 bits per heavy atom. The van der Waals surface area contributed by atoms with Crippen LogP contribution in [0, 0.1) is 17.2 Å². The number of likely N-dealkylation sites (N-methyl/N-ethyl adjacent to an activating group) is 1. The zero-order valence-corrected chi connectivity index (χ0v) is 12.7. The van der Waals surface area contributed by atoms with Crippen molar-refractivity contribution in [3.63, 3.8) is 0 Å². The molecule has 0 aliphatic rings. The Hall–Kier alpha value is -0.700. The van der Waals surface area contributed by atoms with E-state index in [2.05, 4.69) is 38.0 Å². The molecule has 0 atom stereocenters. The molecule has 0 fully saturated rings. The summed E-state index contributed by atoms with van der Waals surface area (Å²) in [6, 6.07) is 0. The Morgan fingerprint density at radius 3 is 1.88 bits per heavy atom. The van der Waals surface area contributed by atoms with Crippen molar-refractivity contribution in [1.29, 1.82) is 5.41 Å². The van der Waals surface area contributed by atoms with Gasteiger partial charge in [0.15, 0.2) is 0 Å². The van der Waals surface area contributed by atoms with Crippen molar-refractivity contribution >= 4 is 11.4 Å². The maximum atomic E-state index is 6.95. The lowest BCUT2D eigenvalue weighted by Gasteiger charge is -2.03. The SMILES string of the molecule is CC(=N)C(C)C.CCNCCN=C(C)C(C)C. The lowest BCUT2D eigenvalue weighted by Crippen LogP contribution is -2.17. The van der Waals surface area contributed by atoms with Gasteiger partial charge in [-0.1, -0.05) is 34.6 Å². The standard InChI is InChI=1S/C9H20N2.C5H11N/c1-5-10-6-7-11-9(4)8(2)3;1-4(2)5(3)6/h8,10H,5-7H2,1-4H3;4,6H,1-3H3. The third-order valence-corrected chi connectivity index (χ3v) is 2.60. The van der Waals surface area contributed by atoms with Gasteiger partial charge in [0, 0.05) is 18.0 Å². The zero-order chi connectivity index (χ0) is 13.8. The highest BCUT2D eigenvalue weighted by molar-refractivity contribution is 5.83. The lowest BCUT2D eigenvalue weighted by molar-refractivity contribution is 0.721. The number of hydrogen-bond donors (Lipinski definition) is 2. The first-order chi connectivity index (χ1) is 7.82. The molecule has 0 aromatic carbocycles. The Kier molecular flexibility index (Phi) is 12.9. The summed E-state index contributed by atoms with van der Waals surface area (Å²) in [5.41, 5.74) is 2.01. The van der Waals surface area contributed by atoms with E-state index < -0.39 is 0 Å². The Bertz CT molecular complexity index is 218. The van der Waals surface area contributed by atoms with E-state index >= 15 is 0 Å². The molecule has 102 valence electrons. The third-order valence-electron chi connectivity index (χ3n) is 2.60. The molecule has 17 heavy (non-hydrogen) atoms. The van der Waals surface area contributed by atoms with Crippen molar-refractivity contribution in [2.75, 3.05) is 19.6 Å². The quantitative estimate of drug-likeness (QED) is 0.543. The van der Waals surface area contributed by atoms with Crippen LogP contribution in [0.25, 0.3) is 0 Å².